The summed E-state index contributed by atoms with van der Waals surface area (Å²) >= 11 is 0. The van der Waals surface area contributed by atoms with Crippen LogP contribution in [0.5, 0.6) is 0 Å². The molecular formula is C9H9NO3. The van der Waals surface area contributed by atoms with Gasteiger partial charge in [-0.3, -0.25) is 0 Å². The van der Waals surface area contributed by atoms with Crippen LogP contribution in [0.25, 0.3) is 11.1 Å². The predicted molar refractivity (Wildman–Crippen MR) is 46.6 cm³/mol. The number of hydrogen-bond acceptors (Lipinski definition) is 3. The third kappa shape index (κ3) is 1.20. The molecule has 0 saturated carbocycles. The van der Waals surface area contributed by atoms with Crippen molar-refractivity contribution >= 4 is 17.2 Å². The molecule has 2 aromatic rings. The van der Waals surface area contributed by atoms with Gasteiger partial charge in [0, 0.05) is 12.3 Å². The van der Waals surface area contributed by atoms with Crippen molar-refractivity contribution in [2.75, 3.05) is 6.61 Å². The Bertz CT molecular complexity index is 427. The number of ether oxygens (including phenoxy) is 1. The summed E-state index contributed by atoms with van der Waals surface area (Å²) in [6.45, 7) is 2.14. The highest BCUT2D eigenvalue weighted by molar-refractivity contribution is 5.86. The van der Waals surface area contributed by atoms with Gasteiger partial charge in [-0.05, 0) is 13.0 Å². The second-order valence-electron chi connectivity index (χ2n) is 2.55. The van der Waals surface area contributed by atoms with Crippen molar-refractivity contribution in [1.29, 1.82) is 0 Å². The Morgan fingerprint density at radius 1 is 1.62 bits per heavy atom. The second kappa shape index (κ2) is 2.97. The van der Waals surface area contributed by atoms with Crippen LogP contribution in [-0.2, 0) is 4.74 Å². The first-order chi connectivity index (χ1) is 6.33. The third-order valence-corrected chi connectivity index (χ3v) is 1.77. The van der Waals surface area contributed by atoms with E-state index in [1.54, 1.807) is 31.5 Å². The fourth-order valence-electron chi connectivity index (χ4n) is 1.21. The Labute approximate surface area is 74.7 Å². The quantitative estimate of drug-likeness (QED) is 0.674. The van der Waals surface area contributed by atoms with Gasteiger partial charge < -0.3 is 9.15 Å². The molecule has 4 nitrogen and oxygen atoms in total. The summed E-state index contributed by atoms with van der Waals surface area (Å²) in [5, 5.41) is 0. The molecule has 0 radical (unpaired) electrons. The number of furan rings is 1. The van der Waals surface area contributed by atoms with Crippen LogP contribution in [0.15, 0.2) is 29.0 Å². The molecule has 4 heteroatoms. The van der Waals surface area contributed by atoms with E-state index in [9.17, 15) is 4.79 Å². The molecule has 0 aliphatic heterocycles. The summed E-state index contributed by atoms with van der Waals surface area (Å²) in [6, 6.07) is 3.46. The largest absolute Gasteiger partial charge is 0.463 e. The number of hydrogen-bond donors (Lipinski definition) is 0. The minimum Gasteiger partial charge on any atom is -0.463 e. The predicted octanol–water partition coefficient (Wildman–Crippen LogP) is 2.24. The van der Waals surface area contributed by atoms with E-state index in [0.29, 0.717) is 12.2 Å². The Morgan fingerprint density at radius 2 is 2.46 bits per heavy atom. The van der Waals surface area contributed by atoms with E-state index >= 15 is 0 Å². The number of nitrogens with zero attached hydrogens (tertiary/aromatic N) is 1. The van der Waals surface area contributed by atoms with E-state index in [1.165, 1.54) is 4.57 Å². The average Bonchev–Trinajstić information content (AvgIpc) is 2.62. The van der Waals surface area contributed by atoms with E-state index in [1.807, 2.05) is 0 Å². The molecule has 0 amide bonds. The lowest BCUT2D eigenvalue weighted by molar-refractivity contribution is 0.155. The molecule has 0 unspecified atom stereocenters. The normalized spacial score (nSPS) is 10.5. The van der Waals surface area contributed by atoms with Crippen LogP contribution in [0, 0.1) is 0 Å². The number of carbonyl (C=O) groups excluding carboxylic acids is 1. The van der Waals surface area contributed by atoms with Crippen LogP contribution in [-0.4, -0.2) is 17.3 Å². The topological polar surface area (TPSA) is 44.4 Å². The third-order valence-electron chi connectivity index (χ3n) is 1.77. The van der Waals surface area contributed by atoms with Gasteiger partial charge in [0.05, 0.1) is 18.4 Å². The van der Waals surface area contributed by atoms with Gasteiger partial charge in [-0.25, -0.2) is 9.36 Å². The van der Waals surface area contributed by atoms with Crippen molar-refractivity contribution in [3.05, 3.63) is 24.6 Å². The fourth-order valence-corrected chi connectivity index (χ4v) is 1.21. The summed E-state index contributed by atoms with van der Waals surface area (Å²) < 4.78 is 11.4. The van der Waals surface area contributed by atoms with Crippen molar-refractivity contribution in [2.24, 2.45) is 0 Å². The van der Waals surface area contributed by atoms with Crippen LogP contribution in [0.4, 0.5) is 4.79 Å². The second-order valence-corrected chi connectivity index (χ2v) is 2.55. The zero-order valence-electron chi connectivity index (χ0n) is 7.19. The number of fused-ring (bicyclic) bond motifs is 1. The fraction of sp³-hybridized carbons (Fsp3) is 0.222. The molecule has 0 atom stereocenters. The maximum atomic E-state index is 11.3. The van der Waals surface area contributed by atoms with Crippen molar-refractivity contribution < 1.29 is 13.9 Å². The molecule has 0 N–H and O–H groups in total. The van der Waals surface area contributed by atoms with E-state index in [0.717, 1.165) is 5.52 Å². The van der Waals surface area contributed by atoms with E-state index in [2.05, 4.69) is 0 Å². The lowest BCUT2D eigenvalue weighted by Crippen LogP contribution is -2.11. The number of aromatic nitrogens is 1. The highest BCUT2D eigenvalue weighted by Gasteiger charge is 2.10. The van der Waals surface area contributed by atoms with Crippen LogP contribution in [0.3, 0.4) is 0 Å². The molecule has 2 aromatic heterocycles. The monoisotopic (exact) mass is 179 g/mol. The zero-order chi connectivity index (χ0) is 9.26. The van der Waals surface area contributed by atoms with Gasteiger partial charge in [-0.1, -0.05) is 0 Å². The highest BCUT2D eigenvalue weighted by atomic mass is 16.5. The summed E-state index contributed by atoms with van der Waals surface area (Å²) in [4.78, 5) is 11.3. The standard InChI is InChI=1S/C9H9NO3/c1-2-12-9(11)10-5-3-8-7(10)4-6-13-8/h3-6H,2H2,1H3. The van der Waals surface area contributed by atoms with Gasteiger partial charge in [0.1, 0.15) is 0 Å². The molecule has 0 spiro atoms. The molecular weight excluding hydrogens is 170 g/mol. The van der Waals surface area contributed by atoms with Gasteiger partial charge in [0.25, 0.3) is 0 Å². The van der Waals surface area contributed by atoms with E-state index < -0.39 is 0 Å². The molecule has 0 aromatic carbocycles. The maximum absolute atomic E-state index is 11.3. The van der Waals surface area contributed by atoms with E-state index in [4.69, 9.17) is 9.15 Å². The van der Waals surface area contributed by atoms with Gasteiger partial charge in [0.15, 0.2) is 5.58 Å². The number of rotatable bonds is 1. The molecule has 13 heavy (non-hydrogen) atoms. The average molecular weight is 179 g/mol. The van der Waals surface area contributed by atoms with Gasteiger partial charge in [-0.15, -0.1) is 0 Å². The molecule has 0 aliphatic rings. The molecule has 0 fully saturated rings. The molecule has 2 rings (SSSR count). The van der Waals surface area contributed by atoms with E-state index in [-0.39, 0.29) is 6.09 Å². The molecule has 0 aliphatic carbocycles. The maximum Gasteiger partial charge on any atom is 0.418 e. The Morgan fingerprint density at radius 3 is 3.23 bits per heavy atom. The first-order valence-electron chi connectivity index (χ1n) is 4.04. The molecule has 2 heterocycles. The first kappa shape index (κ1) is 7.91. The van der Waals surface area contributed by atoms with Gasteiger partial charge in [-0.2, -0.15) is 0 Å². The van der Waals surface area contributed by atoms with Crippen LogP contribution >= 0.6 is 0 Å². The van der Waals surface area contributed by atoms with Crippen molar-refractivity contribution in [3.8, 4) is 0 Å². The lowest BCUT2D eigenvalue weighted by atomic mass is 10.5. The SMILES string of the molecule is CCOC(=O)n1ccc2occc21. The molecule has 68 valence electrons. The summed E-state index contributed by atoms with van der Waals surface area (Å²) in [5.41, 5.74) is 1.42. The summed E-state index contributed by atoms with van der Waals surface area (Å²) in [5.74, 6) is 0. The summed E-state index contributed by atoms with van der Waals surface area (Å²) in [7, 11) is 0. The minimum absolute atomic E-state index is 0.371. The zero-order valence-corrected chi connectivity index (χ0v) is 7.19. The van der Waals surface area contributed by atoms with Crippen molar-refractivity contribution in [3.63, 3.8) is 0 Å². The van der Waals surface area contributed by atoms with Crippen molar-refractivity contribution in [1.82, 2.24) is 4.57 Å². The Hall–Kier alpha value is -1.71. The van der Waals surface area contributed by atoms with Crippen LogP contribution in [0.2, 0.25) is 0 Å². The van der Waals surface area contributed by atoms with Gasteiger partial charge in [0.2, 0.25) is 0 Å². The van der Waals surface area contributed by atoms with Gasteiger partial charge >= 0.3 is 6.09 Å². The lowest BCUT2D eigenvalue weighted by Gasteiger charge is -2.01. The molecule has 0 bridgehead atoms. The smallest absolute Gasteiger partial charge is 0.418 e. The number of carbonyl (C=O) groups is 1. The van der Waals surface area contributed by atoms with Crippen LogP contribution < -0.4 is 0 Å². The highest BCUT2D eigenvalue weighted by Crippen LogP contribution is 2.16. The first-order valence-corrected chi connectivity index (χ1v) is 4.04. The van der Waals surface area contributed by atoms with Crippen LogP contribution in [0.1, 0.15) is 6.92 Å². The Balaban J connectivity index is 2.42. The Kier molecular flexibility index (Phi) is 1.81. The van der Waals surface area contributed by atoms with Crippen molar-refractivity contribution in [2.45, 2.75) is 6.92 Å². The minimum atomic E-state index is -0.376. The molecule has 0 saturated heterocycles. The summed E-state index contributed by atoms with van der Waals surface area (Å²) in [6.07, 6.45) is 2.80.